The van der Waals surface area contributed by atoms with Crippen LogP contribution in [0.15, 0.2) is 6.07 Å². The quantitative estimate of drug-likeness (QED) is 0.829. The molecule has 1 aliphatic heterocycles. The van der Waals surface area contributed by atoms with E-state index in [1.807, 2.05) is 0 Å². The molecule has 2 atom stereocenters. The molecule has 2 aliphatic rings. The summed E-state index contributed by atoms with van der Waals surface area (Å²) in [6.07, 6.45) is 4.50. The molecule has 0 radical (unpaired) electrons. The van der Waals surface area contributed by atoms with Crippen molar-refractivity contribution in [2.75, 3.05) is 13.2 Å². The van der Waals surface area contributed by atoms with Crippen molar-refractivity contribution in [1.82, 2.24) is 5.32 Å². The number of ether oxygens (including phenoxy) is 1. The lowest BCUT2D eigenvalue weighted by Crippen LogP contribution is -2.23. The molecule has 0 bridgehead atoms. The minimum atomic E-state index is 0.375. The first-order valence-corrected chi connectivity index (χ1v) is 7.78. The summed E-state index contributed by atoms with van der Waals surface area (Å²) in [5, 5.41) is 4.53. The summed E-state index contributed by atoms with van der Waals surface area (Å²) in [6.45, 7) is 6.28. The van der Waals surface area contributed by atoms with Crippen LogP contribution >= 0.6 is 11.6 Å². The predicted molar refractivity (Wildman–Crippen MR) is 79.2 cm³/mol. The number of hydrogen-bond donors (Lipinski definition) is 1. The van der Waals surface area contributed by atoms with E-state index in [1.165, 1.54) is 29.5 Å². The summed E-state index contributed by atoms with van der Waals surface area (Å²) in [5.41, 5.74) is 3.97. The fourth-order valence-electron chi connectivity index (χ4n) is 3.47. The van der Waals surface area contributed by atoms with Crippen molar-refractivity contribution in [3.63, 3.8) is 0 Å². The van der Waals surface area contributed by atoms with Gasteiger partial charge in [0.15, 0.2) is 0 Å². The number of nitrogens with one attached hydrogen (secondary N) is 1. The Labute approximate surface area is 120 Å². The third-order valence-corrected chi connectivity index (χ3v) is 4.70. The molecule has 1 aromatic rings. The Kier molecular flexibility index (Phi) is 3.72. The molecule has 1 heterocycles. The molecule has 0 aromatic heterocycles. The number of hydrogen-bond acceptors (Lipinski definition) is 2. The maximum Gasteiger partial charge on any atom is 0.126 e. The van der Waals surface area contributed by atoms with Crippen molar-refractivity contribution in [2.24, 2.45) is 5.92 Å². The molecule has 1 aromatic carbocycles. The van der Waals surface area contributed by atoms with Gasteiger partial charge in [0.2, 0.25) is 0 Å². The summed E-state index contributed by atoms with van der Waals surface area (Å²) >= 11 is 6.58. The summed E-state index contributed by atoms with van der Waals surface area (Å²) in [4.78, 5) is 0. The zero-order valence-electron chi connectivity index (χ0n) is 11.8. The molecule has 0 spiro atoms. The van der Waals surface area contributed by atoms with Crippen LogP contribution in [0.1, 0.15) is 49.4 Å². The van der Waals surface area contributed by atoms with Crippen LogP contribution in [0.3, 0.4) is 0 Å². The van der Waals surface area contributed by atoms with Crippen LogP contribution in [0.2, 0.25) is 5.02 Å². The van der Waals surface area contributed by atoms with Gasteiger partial charge < -0.3 is 10.1 Å². The van der Waals surface area contributed by atoms with Gasteiger partial charge in [0.05, 0.1) is 6.61 Å². The van der Waals surface area contributed by atoms with E-state index < -0.39 is 0 Å². The number of benzene rings is 1. The zero-order valence-corrected chi connectivity index (χ0v) is 12.5. The molecule has 104 valence electrons. The average molecular weight is 280 g/mol. The van der Waals surface area contributed by atoms with Crippen molar-refractivity contribution < 1.29 is 4.74 Å². The molecule has 0 amide bonds. The van der Waals surface area contributed by atoms with Crippen molar-refractivity contribution in [1.29, 1.82) is 0 Å². The van der Waals surface area contributed by atoms with Crippen LogP contribution in [0.25, 0.3) is 0 Å². The van der Waals surface area contributed by atoms with E-state index in [4.69, 9.17) is 16.3 Å². The zero-order chi connectivity index (χ0) is 13.4. The van der Waals surface area contributed by atoms with E-state index in [-0.39, 0.29) is 0 Å². The van der Waals surface area contributed by atoms with E-state index in [1.54, 1.807) is 0 Å². The van der Waals surface area contributed by atoms with E-state index in [0.717, 1.165) is 42.7 Å². The second-order valence-corrected chi connectivity index (χ2v) is 6.23. The molecule has 3 rings (SSSR count). The molecule has 0 saturated heterocycles. The van der Waals surface area contributed by atoms with Crippen LogP contribution in [-0.2, 0) is 12.8 Å². The molecule has 19 heavy (non-hydrogen) atoms. The maximum atomic E-state index is 6.58. The Hall–Kier alpha value is -0.730. The van der Waals surface area contributed by atoms with Gasteiger partial charge in [-0.3, -0.25) is 0 Å². The number of halogens is 1. The SMILES string of the molecule is CCNC1CC(C)CCc2c3c(cc(Cl)c21)CCO3. The Morgan fingerprint density at radius 1 is 1.42 bits per heavy atom. The van der Waals surface area contributed by atoms with Crippen molar-refractivity contribution >= 4 is 11.6 Å². The van der Waals surface area contributed by atoms with Gasteiger partial charge >= 0.3 is 0 Å². The van der Waals surface area contributed by atoms with Crippen LogP contribution in [0.4, 0.5) is 0 Å². The first kappa shape index (κ1) is 13.3. The van der Waals surface area contributed by atoms with Crippen molar-refractivity contribution in [2.45, 2.75) is 45.6 Å². The molecule has 2 unspecified atom stereocenters. The second-order valence-electron chi connectivity index (χ2n) is 5.83. The average Bonchev–Trinajstić information content (AvgIpc) is 2.76. The normalized spacial score (nSPS) is 25.4. The number of fused-ring (bicyclic) bond motifs is 3. The van der Waals surface area contributed by atoms with Crippen LogP contribution in [0, 0.1) is 5.92 Å². The van der Waals surface area contributed by atoms with Crippen LogP contribution in [-0.4, -0.2) is 13.2 Å². The molecular weight excluding hydrogens is 258 g/mol. The standard InChI is InChI=1S/C16H22ClNO/c1-3-18-14-8-10(2)4-5-12-15(14)13(17)9-11-6-7-19-16(11)12/h9-10,14,18H,3-8H2,1-2H3. The molecular formula is C16H22ClNO. The minimum Gasteiger partial charge on any atom is -0.493 e. The lowest BCUT2D eigenvalue weighted by atomic mass is 9.94. The van der Waals surface area contributed by atoms with Gasteiger partial charge in [-0.1, -0.05) is 25.4 Å². The Morgan fingerprint density at radius 3 is 3.05 bits per heavy atom. The highest BCUT2D eigenvalue weighted by Gasteiger charge is 2.29. The second kappa shape index (κ2) is 5.34. The Balaban J connectivity index is 2.11. The van der Waals surface area contributed by atoms with Gasteiger partial charge in [-0.25, -0.2) is 0 Å². The lowest BCUT2D eigenvalue weighted by molar-refractivity contribution is 0.352. The lowest BCUT2D eigenvalue weighted by Gasteiger charge is -2.22. The third kappa shape index (κ3) is 2.36. The molecule has 3 heteroatoms. The van der Waals surface area contributed by atoms with E-state index >= 15 is 0 Å². The smallest absolute Gasteiger partial charge is 0.126 e. The van der Waals surface area contributed by atoms with Gasteiger partial charge in [0.1, 0.15) is 5.75 Å². The summed E-state index contributed by atoms with van der Waals surface area (Å²) < 4.78 is 5.88. The maximum absolute atomic E-state index is 6.58. The molecule has 0 saturated carbocycles. The highest BCUT2D eigenvalue weighted by atomic mass is 35.5. The van der Waals surface area contributed by atoms with Gasteiger partial charge in [-0.2, -0.15) is 0 Å². The van der Waals surface area contributed by atoms with E-state index in [0.29, 0.717) is 6.04 Å². The first-order chi connectivity index (χ1) is 9.20. The van der Waals surface area contributed by atoms with Crippen LogP contribution < -0.4 is 10.1 Å². The van der Waals surface area contributed by atoms with Crippen molar-refractivity contribution in [3.05, 3.63) is 27.8 Å². The molecule has 2 nitrogen and oxygen atoms in total. The highest BCUT2D eigenvalue weighted by Crippen LogP contribution is 2.44. The molecule has 0 fully saturated rings. The van der Waals surface area contributed by atoms with E-state index in [2.05, 4.69) is 25.2 Å². The fourth-order valence-corrected chi connectivity index (χ4v) is 3.85. The topological polar surface area (TPSA) is 21.3 Å². The monoisotopic (exact) mass is 279 g/mol. The van der Waals surface area contributed by atoms with Crippen molar-refractivity contribution in [3.8, 4) is 5.75 Å². The van der Waals surface area contributed by atoms with Crippen LogP contribution in [0.5, 0.6) is 5.75 Å². The Morgan fingerprint density at radius 2 is 2.26 bits per heavy atom. The van der Waals surface area contributed by atoms with Gasteiger partial charge in [0, 0.05) is 23.0 Å². The first-order valence-electron chi connectivity index (χ1n) is 7.41. The highest BCUT2D eigenvalue weighted by molar-refractivity contribution is 6.31. The fraction of sp³-hybridized carbons (Fsp3) is 0.625. The third-order valence-electron chi connectivity index (χ3n) is 4.39. The summed E-state index contributed by atoms with van der Waals surface area (Å²) in [5.74, 6) is 1.86. The number of rotatable bonds is 2. The van der Waals surface area contributed by atoms with Gasteiger partial charge in [-0.05, 0) is 48.9 Å². The summed E-state index contributed by atoms with van der Waals surface area (Å²) in [7, 11) is 0. The predicted octanol–water partition coefficient (Wildman–Crippen LogP) is 3.90. The molecule has 1 N–H and O–H groups in total. The van der Waals surface area contributed by atoms with Gasteiger partial charge in [0.25, 0.3) is 0 Å². The molecule has 1 aliphatic carbocycles. The van der Waals surface area contributed by atoms with Gasteiger partial charge in [-0.15, -0.1) is 0 Å². The van der Waals surface area contributed by atoms with E-state index in [9.17, 15) is 0 Å². The Bertz CT molecular complexity index is 486. The minimum absolute atomic E-state index is 0.375. The largest absolute Gasteiger partial charge is 0.493 e. The summed E-state index contributed by atoms with van der Waals surface area (Å²) in [6, 6.07) is 2.50.